The fourth-order valence-electron chi connectivity index (χ4n) is 1.87. The second-order valence-electron chi connectivity index (χ2n) is 4.44. The van der Waals surface area contributed by atoms with Crippen molar-refractivity contribution >= 4 is 0 Å². The fourth-order valence-corrected chi connectivity index (χ4v) is 1.87. The Bertz CT molecular complexity index is 577. The molecule has 108 valence electrons. The van der Waals surface area contributed by atoms with Gasteiger partial charge in [-0.25, -0.2) is 13.2 Å². The molecular formula is C13H14F3N3O. The van der Waals surface area contributed by atoms with Crippen LogP contribution in [0.2, 0.25) is 0 Å². The van der Waals surface area contributed by atoms with E-state index in [0.29, 0.717) is 6.54 Å². The Morgan fingerprint density at radius 1 is 1.30 bits per heavy atom. The Morgan fingerprint density at radius 3 is 2.45 bits per heavy atom. The van der Waals surface area contributed by atoms with Crippen molar-refractivity contribution in [1.29, 1.82) is 0 Å². The topological polar surface area (TPSA) is 50.1 Å². The first-order chi connectivity index (χ1) is 9.51. The van der Waals surface area contributed by atoms with Crippen LogP contribution in [0.15, 0.2) is 24.5 Å². The van der Waals surface area contributed by atoms with Crippen molar-refractivity contribution in [3.05, 3.63) is 53.1 Å². The number of aliphatic hydroxyl groups excluding tert-OH is 1. The predicted octanol–water partition coefficient (Wildman–Crippen LogP) is 1.66. The summed E-state index contributed by atoms with van der Waals surface area (Å²) in [6.07, 6.45) is 3.40. The molecule has 0 aliphatic heterocycles. The van der Waals surface area contributed by atoms with Crippen molar-refractivity contribution in [2.45, 2.75) is 12.6 Å². The Kier molecular flexibility index (Phi) is 4.41. The lowest BCUT2D eigenvalue weighted by atomic mass is 10.1. The molecule has 0 saturated heterocycles. The molecule has 2 N–H and O–H groups in total. The third-order valence-electron chi connectivity index (χ3n) is 2.90. The van der Waals surface area contributed by atoms with Gasteiger partial charge >= 0.3 is 0 Å². The van der Waals surface area contributed by atoms with Crippen LogP contribution in [0.4, 0.5) is 13.2 Å². The van der Waals surface area contributed by atoms with Gasteiger partial charge in [0.2, 0.25) is 0 Å². The zero-order chi connectivity index (χ0) is 14.7. The summed E-state index contributed by atoms with van der Waals surface area (Å²) in [5.41, 5.74) is 1.00. The van der Waals surface area contributed by atoms with E-state index in [-0.39, 0.29) is 12.2 Å². The lowest BCUT2D eigenvalue weighted by molar-refractivity contribution is 0.242. The molecule has 2 rings (SSSR count). The number of aliphatic hydroxyl groups is 1. The standard InChI is InChI=1S/C13H14F3N3O/c1-19-6-8(5-18-19)4-17-12(7-20)9-2-10(14)13(16)11(15)3-9/h2-3,5-6,12,17,20H,4,7H2,1H3. The summed E-state index contributed by atoms with van der Waals surface area (Å²) >= 11 is 0. The van der Waals surface area contributed by atoms with Gasteiger partial charge < -0.3 is 10.4 Å². The van der Waals surface area contributed by atoms with Crippen molar-refractivity contribution in [2.24, 2.45) is 7.05 Å². The number of hydrogen-bond acceptors (Lipinski definition) is 3. The molecule has 1 aromatic carbocycles. The summed E-state index contributed by atoms with van der Waals surface area (Å²) in [5, 5.41) is 16.2. The quantitative estimate of drug-likeness (QED) is 0.822. The van der Waals surface area contributed by atoms with Crippen molar-refractivity contribution in [1.82, 2.24) is 15.1 Å². The SMILES string of the molecule is Cn1cc(CNC(CO)c2cc(F)c(F)c(F)c2)cn1. The van der Waals surface area contributed by atoms with Gasteiger partial charge in [0.25, 0.3) is 0 Å². The molecule has 1 unspecified atom stereocenters. The fraction of sp³-hybridized carbons (Fsp3) is 0.308. The van der Waals surface area contributed by atoms with Gasteiger partial charge in [0.1, 0.15) is 0 Å². The van der Waals surface area contributed by atoms with Gasteiger partial charge in [0.05, 0.1) is 18.8 Å². The highest BCUT2D eigenvalue weighted by Gasteiger charge is 2.16. The van der Waals surface area contributed by atoms with E-state index < -0.39 is 23.5 Å². The van der Waals surface area contributed by atoms with E-state index in [0.717, 1.165) is 17.7 Å². The number of halogens is 3. The first-order valence-electron chi connectivity index (χ1n) is 5.97. The highest BCUT2D eigenvalue weighted by molar-refractivity contribution is 5.23. The number of aromatic nitrogens is 2. The molecule has 0 radical (unpaired) electrons. The van der Waals surface area contributed by atoms with Gasteiger partial charge in [0.15, 0.2) is 17.5 Å². The third kappa shape index (κ3) is 3.17. The van der Waals surface area contributed by atoms with Crippen LogP contribution in [-0.2, 0) is 13.6 Å². The summed E-state index contributed by atoms with van der Waals surface area (Å²) in [6, 6.07) is 1.05. The third-order valence-corrected chi connectivity index (χ3v) is 2.90. The molecule has 2 aromatic rings. The number of nitrogens with zero attached hydrogens (tertiary/aromatic N) is 2. The highest BCUT2D eigenvalue weighted by Crippen LogP contribution is 2.19. The Balaban J connectivity index is 2.12. The van der Waals surface area contributed by atoms with Crippen LogP contribution < -0.4 is 5.32 Å². The Hall–Kier alpha value is -1.86. The lowest BCUT2D eigenvalue weighted by Gasteiger charge is -2.16. The number of hydrogen-bond donors (Lipinski definition) is 2. The zero-order valence-corrected chi connectivity index (χ0v) is 10.8. The molecule has 0 spiro atoms. The molecule has 7 heteroatoms. The van der Waals surface area contributed by atoms with E-state index in [1.165, 1.54) is 0 Å². The number of aryl methyl sites for hydroxylation is 1. The van der Waals surface area contributed by atoms with Crippen LogP contribution in [0.3, 0.4) is 0 Å². The average Bonchev–Trinajstić information content (AvgIpc) is 2.82. The van der Waals surface area contributed by atoms with Crippen molar-refractivity contribution in [3.8, 4) is 0 Å². The van der Waals surface area contributed by atoms with E-state index in [4.69, 9.17) is 0 Å². The summed E-state index contributed by atoms with van der Waals surface area (Å²) in [5.74, 6) is -4.07. The smallest absolute Gasteiger partial charge is 0.194 e. The highest BCUT2D eigenvalue weighted by atomic mass is 19.2. The monoisotopic (exact) mass is 285 g/mol. The minimum Gasteiger partial charge on any atom is -0.394 e. The number of rotatable bonds is 5. The summed E-state index contributed by atoms with van der Waals surface area (Å²) in [7, 11) is 1.76. The van der Waals surface area contributed by atoms with Gasteiger partial charge in [-0.15, -0.1) is 0 Å². The van der Waals surface area contributed by atoms with Crippen LogP contribution in [-0.4, -0.2) is 21.5 Å². The Labute approximate surface area is 113 Å². The molecule has 0 saturated carbocycles. The minimum atomic E-state index is -1.52. The largest absolute Gasteiger partial charge is 0.394 e. The van der Waals surface area contributed by atoms with Gasteiger partial charge in [-0.05, 0) is 17.7 Å². The van der Waals surface area contributed by atoms with E-state index in [9.17, 15) is 18.3 Å². The predicted molar refractivity (Wildman–Crippen MR) is 66.2 cm³/mol. The molecule has 1 heterocycles. The van der Waals surface area contributed by atoms with Crippen LogP contribution in [0.25, 0.3) is 0 Å². The minimum absolute atomic E-state index is 0.146. The molecule has 0 bridgehead atoms. The molecule has 4 nitrogen and oxygen atoms in total. The normalized spacial score (nSPS) is 12.7. The molecule has 20 heavy (non-hydrogen) atoms. The summed E-state index contributed by atoms with van der Waals surface area (Å²) in [6.45, 7) is -0.00947. The van der Waals surface area contributed by atoms with Crippen LogP contribution in [0, 0.1) is 17.5 Å². The first-order valence-corrected chi connectivity index (χ1v) is 5.97. The van der Waals surface area contributed by atoms with Crippen LogP contribution >= 0.6 is 0 Å². The van der Waals surface area contributed by atoms with Gasteiger partial charge in [-0.1, -0.05) is 0 Å². The molecule has 1 aromatic heterocycles. The molecule has 0 amide bonds. The second-order valence-corrected chi connectivity index (χ2v) is 4.44. The van der Waals surface area contributed by atoms with Gasteiger partial charge in [-0.3, -0.25) is 4.68 Å². The van der Waals surface area contributed by atoms with E-state index in [1.54, 1.807) is 24.1 Å². The maximum atomic E-state index is 13.2. The molecule has 0 aliphatic rings. The van der Waals surface area contributed by atoms with E-state index in [2.05, 4.69) is 10.4 Å². The molecule has 0 fully saturated rings. The molecular weight excluding hydrogens is 271 g/mol. The van der Waals surface area contributed by atoms with Crippen LogP contribution in [0.5, 0.6) is 0 Å². The Morgan fingerprint density at radius 2 is 1.95 bits per heavy atom. The van der Waals surface area contributed by atoms with Crippen LogP contribution in [0.1, 0.15) is 17.2 Å². The van der Waals surface area contributed by atoms with Crippen molar-refractivity contribution in [2.75, 3.05) is 6.61 Å². The first kappa shape index (κ1) is 14.5. The van der Waals surface area contributed by atoms with E-state index in [1.807, 2.05) is 0 Å². The molecule has 1 atom stereocenters. The van der Waals surface area contributed by atoms with Gasteiger partial charge in [0, 0.05) is 25.4 Å². The maximum absolute atomic E-state index is 13.2. The van der Waals surface area contributed by atoms with Crippen molar-refractivity contribution < 1.29 is 18.3 Å². The lowest BCUT2D eigenvalue weighted by Crippen LogP contribution is -2.24. The average molecular weight is 285 g/mol. The maximum Gasteiger partial charge on any atom is 0.194 e. The summed E-state index contributed by atoms with van der Waals surface area (Å²) < 4.78 is 40.8. The zero-order valence-electron chi connectivity index (χ0n) is 10.8. The van der Waals surface area contributed by atoms with Crippen molar-refractivity contribution in [3.63, 3.8) is 0 Å². The summed E-state index contributed by atoms with van der Waals surface area (Å²) in [4.78, 5) is 0. The second kappa shape index (κ2) is 6.06. The molecule has 0 aliphatic carbocycles. The van der Waals surface area contributed by atoms with Gasteiger partial charge in [-0.2, -0.15) is 5.10 Å². The number of nitrogens with one attached hydrogen (secondary N) is 1. The van der Waals surface area contributed by atoms with E-state index >= 15 is 0 Å². The number of benzene rings is 1.